The first-order chi connectivity index (χ1) is 12.5. The van der Waals surface area contributed by atoms with Gasteiger partial charge in [-0.15, -0.1) is 0 Å². The van der Waals surface area contributed by atoms with Gasteiger partial charge in [0.25, 0.3) is 5.91 Å². The first kappa shape index (κ1) is 16.8. The molecule has 1 saturated carbocycles. The standard InChI is InChI=1S/C21H24N4O/c1-13(2)25-20-17(12-23-25)10-18(11-22-20)21(26)24-19(16-8-9-16)15-6-4-14(3)5-7-15/h4-7,10-13,16,19H,8-9H2,1-3H3,(H,24,26)/t19-/m1/s1. The molecule has 2 heterocycles. The summed E-state index contributed by atoms with van der Waals surface area (Å²) in [4.78, 5) is 17.3. The number of benzene rings is 1. The van der Waals surface area contributed by atoms with Crippen molar-refractivity contribution in [2.24, 2.45) is 5.92 Å². The van der Waals surface area contributed by atoms with Crippen LogP contribution in [0.4, 0.5) is 0 Å². The van der Waals surface area contributed by atoms with Crippen LogP contribution in [-0.2, 0) is 0 Å². The smallest absolute Gasteiger partial charge is 0.253 e. The molecule has 5 nitrogen and oxygen atoms in total. The van der Waals surface area contributed by atoms with Gasteiger partial charge in [0.05, 0.1) is 17.8 Å². The van der Waals surface area contributed by atoms with Crippen LogP contribution in [0.5, 0.6) is 0 Å². The second kappa shape index (κ2) is 6.56. The van der Waals surface area contributed by atoms with Gasteiger partial charge in [0.15, 0.2) is 5.65 Å². The first-order valence-electron chi connectivity index (χ1n) is 9.23. The van der Waals surface area contributed by atoms with Gasteiger partial charge in [0.1, 0.15) is 0 Å². The van der Waals surface area contributed by atoms with Gasteiger partial charge in [0.2, 0.25) is 0 Å². The predicted molar refractivity (Wildman–Crippen MR) is 102 cm³/mol. The molecule has 0 spiro atoms. The molecular weight excluding hydrogens is 324 g/mol. The van der Waals surface area contributed by atoms with E-state index in [9.17, 15) is 4.79 Å². The molecule has 1 N–H and O–H groups in total. The number of hydrogen-bond donors (Lipinski definition) is 1. The number of nitrogens with zero attached hydrogens (tertiary/aromatic N) is 3. The minimum Gasteiger partial charge on any atom is -0.345 e. The summed E-state index contributed by atoms with van der Waals surface area (Å²) in [7, 11) is 0. The Morgan fingerprint density at radius 2 is 1.92 bits per heavy atom. The molecule has 1 atom stereocenters. The highest BCUT2D eigenvalue weighted by molar-refractivity contribution is 5.97. The van der Waals surface area contributed by atoms with Crippen molar-refractivity contribution in [3.8, 4) is 0 Å². The Bertz CT molecular complexity index is 938. The first-order valence-corrected chi connectivity index (χ1v) is 9.23. The summed E-state index contributed by atoms with van der Waals surface area (Å²) in [5.74, 6) is 0.455. The highest BCUT2D eigenvalue weighted by Crippen LogP contribution is 2.41. The zero-order chi connectivity index (χ0) is 18.3. The third kappa shape index (κ3) is 3.21. The van der Waals surface area contributed by atoms with E-state index in [-0.39, 0.29) is 18.0 Å². The van der Waals surface area contributed by atoms with Gasteiger partial charge >= 0.3 is 0 Å². The van der Waals surface area contributed by atoms with Crippen molar-refractivity contribution in [1.29, 1.82) is 0 Å². The molecular formula is C21H24N4O. The van der Waals surface area contributed by atoms with Crippen molar-refractivity contribution in [2.45, 2.75) is 45.7 Å². The Kier molecular flexibility index (Phi) is 4.23. The summed E-state index contributed by atoms with van der Waals surface area (Å²) in [5.41, 5.74) is 3.80. The number of aryl methyl sites for hydroxylation is 1. The largest absolute Gasteiger partial charge is 0.345 e. The molecule has 0 radical (unpaired) electrons. The molecule has 0 aliphatic heterocycles. The molecule has 2 aromatic heterocycles. The Morgan fingerprint density at radius 1 is 1.19 bits per heavy atom. The van der Waals surface area contributed by atoms with Crippen molar-refractivity contribution in [3.63, 3.8) is 0 Å². The zero-order valence-corrected chi connectivity index (χ0v) is 15.4. The third-order valence-corrected chi connectivity index (χ3v) is 5.00. The van der Waals surface area contributed by atoms with Crippen LogP contribution < -0.4 is 5.32 Å². The number of carbonyl (C=O) groups is 1. The lowest BCUT2D eigenvalue weighted by molar-refractivity contribution is 0.0931. The maximum atomic E-state index is 12.8. The minimum atomic E-state index is -0.0748. The van der Waals surface area contributed by atoms with E-state index < -0.39 is 0 Å². The van der Waals surface area contributed by atoms with Crippen LogP contribution in [0.25, 0.3) is 11.0 Å². The van der Waals surface area contributed by atoms with Crippen LogP contribution in [0.2, 0.25) is 0 Å². The lowest BCUT2D eigenvalue weighted by Crippen LogP contribution is -2.30. The summed E-state index contributed by atoms with van der Waals surface area (Å²) in [6.07, 6.45) is 5.75. The number of rotatable bonds is 5. The van der Waals surface area contributed by atoms with Gasteiger partial charge in [-0.2, -0.15) is 5.10 Å². The molecule has 3 aromatic rings. The quantitative estimate of drug-likeness (QED) is 0.752. The van der Waals surface area contributed by atoms with E-state index in [1.54, 1.807) is 12.4 Å². The highest BCUT2D eigenvalue weighted by Gasteiger charge is 2.33. The summed E-state index contributed by atoms with van der Waals surface area (Å²) < 4.78 is 1.87. The fraction of sp³-hybridized carbons (Fsp3) is 0.381. The lowest BCUT2D eigenvalue weighted by atomic mass is 10.0. The maximum Gasteiger partial charge on any atom is 0.253 e. The molecule has 1 fully saturated rings. The lowest BCUT2D eigenvalue weighted by Gasteiger charge is -2.19. The fourth-order valence-electron chi connectivity index (χ4n) is 3.34. The summed E-state index contributed by atoms with van der Waals surface area (Å²) >= 11 is 0. The molecule has 0 unspecified atom stereocenters. The van der Waals surface area contributed by atoms with Crippen LogP contribution in [0.1, 0.15) is 60.3 Å². The Balaban J connectivity index is 1.58. The normalized spacial score (nSPS) is 15.4. The van der Waals surface area contributed by atoms with E-state index in [1.165, 1.54) is 11.1 Å². The van der Waals surface area contributed by atoms with Gasteiger partial charge in [-0.3, -0.25) is 4.79 Å². The van der Waals surface area contributed by atoms with Gasteiger partial charge in [0, 0.05) is 17.6 Å². The minimum absolute atomic E-state index is 0.0668. The number of hydrogen-bond acceptors (Lipinski definition) is 3. The van der Waals surface area contributed by atoms with Crippen molar-refractivity contribution >= 4 is 16.9 Å². The molecule has 1 aliphatic rings. The van der Waals surface area contributed by atoms with Gasteiger partial charge in [-0.25, -0.2) is 9.67 Å². The second-order valence-corrected chi connectivity index (χ2v) is 7.52. The van der Waals surface area contributed by atoms with Crippen LogP contribution in [-0.4, -0.2) is 20.7 Å². The third-order valence-electron chi connectivity index (χ3n) is 5.00. The van der Waals surface area contributed by atoms with Crippen LogP contribution in [0.3, 0.4) is 0 Å². The number of nitrogens with one attached hydrogen (secondary N) is 1. The van der Waals surface area contributed by atoms with Gasteiger partial charge < -0.3 is 5.32 Å². The number of pyridine rings is 1. The summed E-state index contributed by atoms with van der Waals surface area (Å²) in [6.45, 7) is 6.21. The molecule has 26 heavy (non-hydrogen) atoms. The van der Waals surface area contributed by atoms with Crippen LogP contribution in [0, 0.1) is 12.8 Å². The van der Waals surface area contributed by atoms with E-state index in [0.717, 1.165) is 23.9 Å². The predicted octanol–water partition coefficient (Wildman–Crippen LogP) is 4.20. The maximum absolute atomic E-state index is 12.8. The Morgan fingerprint density at radius 3 is 2.58 bits per heavy atom. The number of amides is 1. The highest BCUT2D eigenvalue weighted by atomic mass is 16.1. The molecule has 134 valence electrons. The summed E-state index contributed by atoms with van der Waals surface area (Å²) in [5, 5.41) is 8.49. The molecule has 0 bridgehead atoms. The van der Waals surface area contributed by atoms with Gasteiger partial charge in [-0.1, -0.05) is 29.8 Å². The van der Waals surface area contributed by atoms with Crippen molar-refractivity contribution in [2.75, 3.05) is 0 Å². The van der Waals surface area contributed by atoms with E-state index in [4.69, 9.17) is 0 Å². The monoisotopic (exact) mass is 348 g/mol. The van der Waals surface area contributed by atoms with Crippen LogP contribution in [0.15, 0.2) is 42.7 Å². The average Bonchev–Trinajstić information content (AvgIpc) is 3.38. The number of carbonyl (C=O) groups excluding carboxylic acids is 1. The zero-order valence-electron chi connectivity index (χ0n) is 15.4. The fourth-order valence-corrected chi connectivity index (χ4v) is 3.34. The molecule has 4 rings (SSSR count). The van der Waals surface area contributed by atoms with Gasteiger partial charge in [-0.05, 0) is 51.2 Å². The number of aromatic nitrogens is 3. The molecule has 1 aliphatic carbocycles. The van der Waals surface area contributed by atoms with Crippen molar-refractivity contribution < 1.29 is 4.79 Å². The SMILES string of the molecule is Cc1ccc([C@@H](NC(=O)c2cnc3c(cnn3C(C)C)c2)C2CC2)cc1. The Labute approximate surface area is 153 Å². The number of fused-ring (bicyclic) bond motifs is 1. The molecule has 1 amide bonds. The second-order valence-electron chi connectivity index (χ2n) is 7.52. The van der Waals surface area contributed by atoms with E-state index in [0.29, 0.717) is 11.5 Å². The van der Waals surface area contributed by atoms with E-state index in [2.05, 4.69) is 60.4 Å². The molecule has 0 saturated heterocycles. The summed E-state index contributed by atoms with van der Waals surface area (Å²) in [6, 6.07) is 10.6. The topological polar surface area (TPSA) is 59.8 Å². The van der Waals surface area contributed by atoms with E-state index >= 15 is 0 Å². The molecule has 5 heteroatoms. The van der Waals surface area contributed by atoms with E-state index in [1.807, 2.05) is 10.7 Å². The molecule has 1 aromatic carbocycles. The average molecular weight is 348 g/mol. The van der Waals surface area contributed by atoms with Crippen molar-refractivity contribution in [1.82, 2.24) is 20.1 Å². The Hall–Kier alpha value is -2.69. The van der Waals surface area contributed by atoms with Crippen LogP contribution >= 0.6 is 0 Å². The van der Waals surface area contributed by atoms with Crippen molar-refractivity contribution in [3.05, 3.63) is 59.4 Å².